The third-order valence-electron chi connectivity index (χ3n) is 5.02. The van der Waals surface area contributed by atoms with Gasteiger partial charge in [-0.05, 0) is 43.3 Å². The highest BCUT2D eigenvalue weighted by atomic mass is 32.2. The van der Waals surface area contributed by atoms with E-state index in [4.69, 9.17) is 4.74 Å². The van der Waals surface area contributed by atoms with E-state index in [1.807, 2.05) is 0 Å². The first-order valence-electron chi connectivity index (χ1n) is 9.68. The lowest BCUT2D eigenvalue weighted by atomic mass is 10.1. The average Bonchev–Trinajstić information content (AvgIpc) is 2.72. The Hall–Kier alpha value is -2.91. The number of hydrogen-bond donors (Lipinski definition) is 1. The lowest BCUT2D eigenvalue weighted by molar-refractivity contribution is -0.125. The molecule has 0 bridgehead atoms. The first kappa shape index (κ1) is 21.8. The number of benzene rings is 2. The van der Waals surface area contributed by atoms with Gasteiger partial charge in [0.15, 0.2) is 6.10 Å². The second-order valence-electron chi connectivity index (χ2n) is 6.91. The van der Waals surface area contributed by atoms with Crippen molar-refractivity contribution >= 4 is 33.2 Å². The second kappa shape index (κ2) is 8.45. The number of carbonyl (C=O) groups excluding carboxylic acids is 2. The van der Waals surface area contributed by atoms with Gasteiger partial charge in [0, 0.05) is 37.5 Å². The van der Waals surface area contributed by atoms with Gasteiger partial charge in [-0.15, -0.1) is 0 Å². The minimum atomic E-state index is -3.57. The van der Waals surface area contributed by atoms with Crippen LogP contribution in [0, 0.1) is 0 Å². The van der Waals surface area contributed by atoms with Gasteiger partial charge >= 0.3 is 0 Å². The van der Waals surface area contributed by atoms with Crippen molar-refractivity contribution in [3.05, 3.63) is 48.0 Å². The summed E-state index contributed by atoms with van der Waals surface area (Å²) in [6.07, 6.45) is -0.603. The molecule has 0 fully saturated rings. The Morgan fingerprint density at radius 1 is 1.13 bits per heavy atom. The molecule has 1 N–H and O–H groups in total. The molecule has 0 radical (unpaired) electrons. The molecule has 1 aliphatic rings. The number of nitrogens with zero attached hydrogens (tertiary/aromatic N) is 2. The number of amides is 2. The van der Waals surface area contributed by atoms with Crippen molar-refractivity contribution < 1.29 is 22.7 Å². The first-order chi connectivity index (χ1) is 14.2. The summed E-state index contributed by atoms with van der Waals surface area (Å²) in [5.41, 5.74) is 1.46. The maximum Gasteiger partial charge on any atom is 0.267 e. The first-order valence-corrected chi connectivity index (χ1v) is 11.1. The number of rotatable bonds is 6. The molecular weight excluding hydrogens is 406 g/mol. The third-order valence-corrected chi connectivity index (χ3v) is 7.08. The van der Waals surface area contributed by atoms with Crippen LogP contribution >= 0.6 is 0 Å². The molecule has 1 atom stereocenters. The summed E-state index contributed by atoms with van der Waals surface area (Å²) in [5.74, 6) is -0.0165. The Morgan fingerprint density at radius 2 is 1.77 bits per heavy atom. The maximum atomic E-state index is 12.6. The van der Waals surface area contributed by atoms with Crippen molar-refractivity contribution in [2.45, 2.75) is 31.8 Å². The largest absolute Gasteiger partial charge is 0.479 e. The van der Waals surface area contributed by atoms with E-state index in [9.17, 15) is 18.0 Å². The van der Waals surface area contributed by atoms with Gasteiger partial charge in [-0.3, -0.25) is 9.59 Å². The highest BCUT2D eigenvalue weighted by Crippen LogP contribution is 2.35. The number of carbonyl (C=O) groups is 2. The number of sulfonamides is 1. The molecule has 0 saturated carbocycles. The summed E-state index contributed by atoms with van der Waals surface area (Å²) < 4.78 is 32.1. The maximum absolute atomic E-state index is 12.6. The minimum absolute atomic E-state index is 0.140. The second-order valence-corrected chi connectivity index (χ2v) is 8.85. The number of ether oxygens (including phenoxy) is 1. The van der Waals surface area contributed by atoms with Gasteiger partial charge < -0.3 is 15.0 Å². The average molecular weight is 432 g/mol. The van der Waals surface area contributed by atoms with Crippen molar-refractivity contribution in [1.82, 2.24) is 4.31 Å². The van der Waals surface area contributed by atoms with Gasteiger partial charge in [-0.25, -0.2) is 8.42 Å². The lowest BCUT2D eigenvalue weighted by Gasteiger charge is -2.30. The Kier molecular flexibility index (Phi) is 6.14. The smallest absolute Gasteiger partial charge is 0.267 e. The summed E-state index contributed by atoms with van der Waals surface area (Å²) >= 11 is 0. The van der Waals surface area contributed by atoms with Crippen molar-refractivity contribution in [3.63, 3.8) is 0 Å². The van der Waals surface area contributed by atoms with E-state index in [2.05, 4.69) is 5.32 Å². The molecule has 3 rings (SSSR count). The van der Waals surface area contributed by atoms with E-state index < -0.39 is 16.1 Å². The van der Waals surface area contributed by atoms with E-state index >= 15 is 0 Å². The molecule has 9 heteroatoms. The molecule has 2 aromatic rings. The monoisotopic (exact) mass is 431 g/mol. The van der Waals surface area contributed by atoms with Crippen molar-refractivity contribution in [2.75, 3.05) is 30.4 Å². The number of nitrogens with one attached hydrogen (secondary N) is 1. The van der Waals surface area contributed by atoms with Crippen LogP contribution in [0.3, 0.4) is 0 Å². The molecule has 8 nitrogen and oxygen atoms in total. The van der Waals surface area contributed by atoms with E-state index in [1.54, 1.807) is 46.0 Å². The molecular formula is C21H25N3O5S. The molecule has 1 unspecified atom stereocenters. The topological polar surface area (TPSA) is 96.0 Å². The fourth-order valence-electron chi connectivity index (χ4n) is 3.29. The van der Waals surface area contributed by atoms with Crippen LogP contribution in [0.2, 0.25) is 0 Å². The molecule has 0 saturated heterocycles. The van der Waals surface area contributed by atoms with Crippen LogP contribution in [0.5, 0.6) is 5.75 Å². The van der Waals surface area contributed by atoms with Crippen LogP contribution in [-0.4, -0.2) is 50.8 Å². The number of fused-ring (bicyclic) bond motifs is 1. The number of likely N-dealkylation sites (N-methyl/N-ethyl adjacent to an activating group) is 1. The summed E-state index contributed by atoms with van der Waals surface area (Å²) in [6.45, 7) is 5.97. The Bertz CT molecular complexity index is 1060. The molecule has 2 amide bonds. The van der Waals surface area contributed by atoms with Crippen LogP contribution in [0.4, 0.5) is 11.4 Å². The van der Waals surface area contributed by atoms with Gasteiger partial charge in [0.05, 0.1) is 10.6 Å². The Balaban J connectivity index is 1.77. The van der Waals surface area contributed by atoms with Crippen LogP contribution in [0.15, 0.2) is 47.4 Å². The number of hydrogen-bond acceptors (Lipinski definition) is 5. The van der Waals surface area contributed by atoms with E-state index in [1.165, 1.54) is 33.5 Å². The fourth-order valence-corrected chi connectivity index (χ4v) is 4.75. The quantitative estimate of drug-likeness (QED) is 0.759. The summed E-state index contributed by atoms with van der Waals surface area (Å²) in [7, 11) is -1.90. The Labute approximate surface area is 176 Å². The zero-order chi connectivity index (χ0) is 22.1. The highest BCUT2D eigenvalue weighted by Gasteiger charge is 2.29. The van der Waals surface area contributed by atoms with Crippen molar-refractivity contribution in [1.29, 1.82) is 0 Å². The normalized spacial score (nSPS) is 16.2. The zero-order valence-electron chi connectivity index (χ0n) is 17.4. The van der Waals surface area contributed by atoms with E-state index in [-0.39, 0.29) is 16.7 Å². The lowest BCUT2D eigenvalue weighted by Crippen LogP contribution is -2.41. The van der Waals surface area contributed by atoms with Crippen LogP contribution in [0.1, 0.15) is 31.1 Å². The van der Waals surface area contributed by atoms with Gasteiger partial charge in [0.25, 0.3) is 11.8 Å². The van der Waals surface area contributed by atoms with Gasteiger partial charge in [0.1, 0.15) is 5.75 Å². The van der Waals surface area contributed by atoms with Crippen molar-refractivity contribution in [2.24, 2.45) is 0 Å². The summed E-state index contributed by atoms with van der Waals surface area (Å²) in [4.78, 5) is 26.3. The van der Waals surface area contributed by atoms with Crippen LogP contribution in [0.25, 0.3) is 0 Å². The molecule has 0 aliphatic carbocycles. The van der Waals surface area contributed by atoms with Crippen molar-refractivity contribution in [3.8, 4) is 5.75 Å². The predicted molar refractivity (Wildman–Crippen MR) is 114 cm³/mol. The summed E-state index contributed by atoms with van der Waals surface area (Å²) in [5, 5.41) is 2.77. The fraction of sp³-hybridized carbons (Fsp3) is 0.333. The molecule has 30 heavy (non-hydrogen) atoms. The van der Waals surface area contributed by atoms with E-state index in [0.29, 0.717) is 35.8 Å². The molecule has 160 valence electrons. The SMILES string of the molecule is CCN(CC)S(=O)(=O)c1ccc(C(=O)Nc2ccc3c(c2)OC(C)C(=O)N3C)cc1. The molecule has 1 aliphatic heterocycles. The third kappa shape index (κ3) is 4.03. The molecule has 0 spiro atoms. The van der Waals surface area contributed by atoms with Gasteiger partial charge in [-0.2, -0.15) is 4.31 Å². The van der Waals surface area contributed by atoms with Gasteiger partial charge in [0.2, 0.25) is 10.0 Å². The van der Waals surface area contributed by atoms with Gasteiger partial charge in [-0.1, -0.05) is 13.8 Å². The minimum Gasteiger partial charge on any atom is -0.479 e. The highest BCUT2D eigenvalue weighted by molar-refractivity contribution is 7.89. The molecule has 1 heterocycles. The van der Waals surface area contributed by atoms with Crippen LogP contribution in [-0.2, 0) is 14.8 Å². The summed E-state index contributed by atoms with van der Waals surface area (Å²) in [6, 6.07) is 10.9. The number of anilines is 2. The predicted octanol–water partition coefficient (Wildman–Crippen LogP) is 2.71. The Morgan fingerprint density at radius 3 is 2.37 bits per heavy atom. The molecule has 2 aromatic carbocycles. The molecule has 0 aromatic heterocycles. The zero-order valence-corrected chi connectivity index (χ0v) is 18.2. The van der Waals surface area contributed by atoms with E-state index in [0.717, 1.165) is 0 Å². The van der Waals surface area contributed by atoms with Crippen LogP contribution < -0.4 is 15.0 Å². The standard InChI is InChI=1S/C21H25N3O5S/c1-5-24(6-2)30(27,28)17-10-7-15(8-11-17)20(25)22-16-9-12-18-19(13-16)29-14(3)21(26)23(18)4/h7-14H,5-6H2,1-4H3,(H,22,25).